The molecule has 25 heavy (non-hydrogen) atoms. The summed E-state index contributed by atoms with van der Waals surface area (Å²) in [7, 11) is 1.63. The molecular weight excluding hydrogens is 361 g/mol. The summed E-state index contributed by atoms with van der Waals surface area (Å²) in [5, 5.41) is 13.5. The zero-order valence-electron chi connectivity index (χ0n) is 13.7. The van der Waals surface area contributed by atoms with E-state index < -0.39 is 0 Å². The molecule has 0 bridgehead atoms. The number of ether oxygens (including phenoxy) is 1. The van der Waals surface area contributed by atoms with Crippen LogP contribution >= 0.6 is 24.0 Å². The highest BCUT2D eigenvalue weighted by Gasteiger charge is 2.08. The van der Waals surface area contributed by atoms with Crippen molar-refractivity contribution in [1.82, 2.24) is 9.97 Å². The molecule has 0 saturated carbocycles. The van der Waals surface area contributed by atoms with Crippen LogP contribution in [0, 0.1) is 6.92 Å². The Balaban J connectivity index is 0.00000225. The Bertz CT molecular complexity index is 871. The minimum atomic E-state index is 0. The first-order chi connectivity index (χ1) is 11.5. The van der Waals surface area contributed by atoms with Gasteiger partial charge in [-0.1, -0.05) is 11.6 Å². The lowest BCUT2D eigenvalue weighted by atomic mass is 10.1. The van der Waals surface area contributed by atoms with E-state index in [2.05, 4.69) is 15.3 Å². The van der Waals surface area contributed by atoms with E-state index in [-0.39, 0.29) is 18.2 Å². The first kappa shape index (κ1) is 18.8. The molecule has 1 heterocycles. The van der Waals surface area contributed by atoms with Crippen LogP contribution in [-0.4, -0.2) is 22.2 Å². The summed E-state index contributed by atoms with van der Waals surface area (Å²) >= 11 is 5.97. The molecule has 0 aliphatic heterocycles. The largest absolute Gasteiger partial charge is 0.506 e. The second-order valence-electron chi connectivity index (χ2n) is 5.20. The number of aromatic hydroxyl groups is 1. The Hall–Kier alpha value is -2.50. The van der Waals surface area contributed by atoms with Gasteiger partial charge < -0.3 is 15.2 Å². The fraction of sp³-hybridized carbons (Fsp3) is 0.111. The molecule has 0 aliphatic carbocycles. The second kappa shape index (κ2) is 8.05. The van der Waals surface area contributed by atoms with Crippen molar-refractivity contribution in [1.29, 1.82) is 0 Å². The lowest BCUT2D eigenvalue weighted by Gasteiger charge is -2.11. The first-order valence-corrected chi connectivity index (χ1v) is 7.68. The number of nitrogens with zero attached hydrogens (tertiary/aromatic N) is 2. The highest BCUT2D eigenvalue weighted by Crippen LogP contribution is 2.30. The third kappa shape index (κ3) is 4.53. The second-order valence-corrected chi connectivity index (χ2v) is 5.64. The third-order valence-electron chi connectivity index (χ3n) is 3.45. The molecule has 0 aliphatic rings. The molecule has 0 fully saturated rings. The predicted molar refractivity (Wildman–Crippen MR) is 102 cm³/mol. The van der Waals surface area contributed by atoms with Gasteiger partial charge in [0.05, 0.1) is 18.5 Å². The van der Waals surface area contributed by atoms with Crippen molar-refractivity contribution in [3.8, 4) is 22.8 Å². The molecule has 0 amide bonds. The van der Waals surface area contributed by atoms with E-state index in [4.69, 9.17) is 16.3 Å². The Labute approximate surface area is 157 Å². The maximum Gasteiger partial charge on any atom is 0.139 e. The standard InChI is InChI=1S/C18H16ClN3O2.ClH/c1-11-20-15(12-3-6-14(24-2)7-4-12)10-18(21-11)22-16-9-13(19)5-8-17(16)23;/h3-10,23H,1-2H3,(H,20,21,22);1H. The van der Waals surface area contributed by atoms with Crippen molar-refractivity contribution in [3.05, 3.63) is 59.4 Å². The summed E-state index contributed by atoms with van der Waals surface area (Å²) in [4.78, 5) is 8.82. The number of halogens is 2. The van der Waals surface area contributed by atoms with Crippen LogP contribution in [-0.2, 0) is 0 Å². The number of anilines is 2. The van der Waals surface area contributed by atoms with Crippen molar-refractivity contribution in [2.24, 2.45) is 0 Å². The number of rotatable bonds is 4. The summed E-state index contributed by atoms with van der Waals surface area (Å²) in [6, 6.07) is 14.2. The maximum atomic E-state index is 9.93. The molecule has 0 radical (unpaired) electrons. The number of hydrogen-bond acceptors (Lipinski definition) is 5. The molecule has 0 saturated heterocycles. The summed E-state index contributed by atoms with van der Waals surface area (Å²) < 4.78 is 5.17. The normalized spacial score (nSPS) is 10.0. The van der Waals surface area contributed by atoms with E-state index >= 15 is 0 Å². The Morgan fingerprint density at radius 3 is 2.44 bits per heavy atom. The fourth-order valence-corrected chi connectivity index (χ4v) is 2.46. The molecule has 7 heteroatoms. The molecule has 3 aromatic rings. The minimum Gasteiger partial charge on any atom is -0.506 e. The number of hydrogen-bond donors (Lipinski definition) is 2. The fourth-order valence-electron chi connectivity index (χ4n) is 2.29. The highest BCUT2D eigenvalue weighted by molar-refractivity contribution is 6.30. The van der Waals surface area contributed by atoms with Gasteiger partial charge in [0.15, 0.2) is 0 Å². The van der Waals surface area contributed by atoms with Crippen LogP contribution in [0.4, 0.5) is 11.5 Å². The van der Waals surface area contributed by atoms with Crippen LogP contribution in [0.1, 0.15) is 5.82 Å². The van der Waals surface area contributed by atoms with Crippen LogP contribution in [0.25, 0.3) is 11.3 Å². The number of aromatic nitrogens is 2. The SMILES string of the molecule is COc1ccc(-c2cc(Nc3cc(Cl)ccc3O)nc(C)n2)cc1.Cl. The van der Waals surface area contributed by atoms with E-state index in [1.54, 1.807) is 19.2 Å². The molecule has 2 aromatic carbocycles. The quantitative estimate of drug-likeness (QED) is 0.627. The van der Waals surface area contributed by atoms with Crippen molar-refractivity contribution in [3.63, 3.8) is 0 Å². The summed E-state index contributed by atoms with van der Waals surface area (Å²) in [6.07, 6.45) is 0. The molecule has 0 atom stereocenters. The monoisotopic (exact) mass is 377 g/mol. The predicted octanol–water partition coefficient (Wildman–Crippen LogP) is 4.99. The van der Waals surface area contributed by atoms with Gasteiger partial charge in [-0.25, -0.2) is 9.97 Å². The maximum absolute atomic E-state index is 9.93. The van der Waals surface area contributed by atoms with Crippen LogP contribution in [0.15, 0.2) is 48.5 Å². The molecule has 5 nitrogen and oxygen atoms in total. The molecule has 0 spiro atoms. The van der Waals surface area contributed by atoms with E-state index in [1.807, 2.05) is 37.3 Å². The number of phenols is 1. The number of nitrogens with one attached hydrogen (secondary N) is 1. The lowest BCUT2D eigenvalue weighted by Crippen LogP contribution is -1.99. The van der Waals surface area contributed by atoms with Gasteiger partial charge in [-0.3, -0.25) is 0 Å². The van der Waals surface area contributed by atoms with Gasteiger partial charge in [0.25, 0.3) is 0 Å². The zero-order chi connectivity index (χ0) is 17.1. The average Bonchev–Trinajstić information content (AvgIpc) is 2.58. The van der Waals surface area contributed by atoms with Crippen LogP contribution in [0.3, 0.4) is 0 Å². The third-order valence-corrected chi connectivity index (χ3v) is 3.68. The van der Waals surface area contributed by atoms with Crippen molar-refractivity contribution < 1.29 is 9.84 Å². The van der Waals surface area contributed by atoms with Gasteiger partial charge in [-0.2, -0.15) is 0 Å². The molecule has 2 N–H and O–H groups in total. The van der Waals surface area contributed by atoms with E-state index in [0.717, 1.165) is 17.0 Å². The van der Waals surface area contributed by atoms with Crippen molar-refractivity contribution in [2.45, 2.75) is 6.92 Å². The summed E-state index contributed by atoms with van der Waals surface area (Å²) in [5.74, 6) is 2.08. The van der Waals surface area contributed by atoms with Crippen molar-refractivity contribution in [2.75, 3.05) is 12.4 Å². The molecule has 130 valence electrons. The van der Waals surface area contributed by atoms with Gasteiger partial charge in [-0.15, -0.1) is 12.4 Å². The average molecular weight is 378 g/mol. The van der Waals surface area contributed by atoms with Gasteiger partial charge in [0.2, 0.25) is 0 Å². The summed E-state index contributed by atoms with van der Waals surface area (Å²) in [6.45, 7) is 1.82. The Morgan fingerprint density at radius 2 is 1.76 bits per heavy atom. The zero-order valence-corrected chi connectivity index (χ0v) is 15.2. The minimum absolute atomic E-state index is 0. The molecular formula is C18H17Cl2N3O2. The van der Waals surface area contributed by atoms with Gasteiger partial charge in [-0.05, 0) is 49.4 Å². The summed E-state index contributed by atoms with van der Waals surface area (Å²) in [5.41, 5.74) is 2.20. The van der Waals surface area contributed by atoms with Crippen LogP contribution in [0.5, 0.6) is 11.5 Å². The number of benzene rings is 2. The Kier molecular flexibility index (Phi) is 6.07. The van der Waals surface area contributed by atoms with Gasteiger partial charge in [0.1, 0.15) is 23.1 Å². The smallest absolute Gasteiger partial charge is 0.139 e. The van der Waals surface area contributed by atoms with Gasteiger partial charge in [0, 0.05) is 16.7 Å². The van der Waals surface area contributed by atoms with Crippen LogP contribution in [0.2, 0.25) is 5.02 Å². The van der Waals surface area contributed by atoms with Crippen LogP contribution < -0.4 is 10.1 Å². The number of phenolic OH excluding ortho intramolecular Hbond substituents is 1. The molecule has 0 unspecified atom stereocenters. The van der Waals surface area contributed by atoms with E-state index in [0.29, 0.717) is 22.4 Å². The number of methoxy groups -OCH3 is 1. The van der Waals surface area contributed by atoms with Gasteiger partial charge >= 0.3 is 0 Å². The first-order valence-electron chi connectivity index (χ1n) is 7.31. The van der Waals surface area contributed by atoms with E-state index in [9.17, 15) is 5.11 Å². The highest BCUT2D eigenvalue weighted by atomic mass is 35.5. The van der Waals surface area contributed by atoms with Crippen molar-refractivity contribution >= 4 is 35.5 Å². The molecule has 1 aromatic heterocycles. The lowest BCUT2D eigenvalue weighted by molar-refractivity contribution is 0.415. The van der Waals surface area contributed by atoms with E-state index in [1.165, 1.54) is 6.07 Å². The topological polar surface area (TPSA) is 67.3 Å². The Morgan fingerprint density at radius 1 is 1.04 bits per heavy atom. The number of aryl methyl sites for hydroxylation is 1. The molecule has 3 rings (SSSR count).